The summed E-state index contributed by atoms with van der Waals surface area (Å²) in [4.78, 5) is 4.15. The smallest absolute Gasteiger partial charge is 0.0962 e. The van der Waals surface area contributed by atoms with E-state index in [-0.39, 0.29) is 0 Å². The molecule has 0 fully saturated rings. The molecule has 4 nitrogen and oxygen atoms in total. The molecule has 0 bridgehead atoms. The summed E-state index contributed by atoms with van der Waals surface area (Å²) < 4.78 is 0. The molecule has 1 heterocycles. The molecule has 1 aromatic heterocycles. The number of aromatic nitrogens is 1. The summed E-state index contributed by atoms with van der Waals surface area (Å²) in [6.07, 6.45) is 3.00. The molecular formula is C15H19N3O. The number of pyridine rings is 1. The second-order valence-corrected chi connectivity index (χ2v) is 4.30. The van der Waals surface area contributed by atoms with Crippen molar-refractivity contribution in [2.45, 2.75) is 13.0 Å². The number of aliphatic hydroxyl groups excluding tert-OH is 1. The highest BCUT2D eigenvalue weighted by Gasteiger charge is 2.06. The third kappa shape index (κ3) is 3.96. The van der Waals surface area contributed by atoms with Gasteiger partial charge in [-0.05, 0) is 18.6 Å². The van der Waals surface area contributed by atoms with Crippen molar-refractivity contribution in [3.05, 3.63) is 54.4 Å². The van der Waals surface area contributed by atoms with E-state index in [1.54, 1.807) is 12.4 Å². The molecule has 0 saturated carbocycles. The fourth-order valence-corrected chi connectivity index (χ4v) is 1.84. The second-order valence-electron chi connectivity index (χ2n) is 4.30. The summed E-state index contributed by atoms with van der Waals surface area (Å²) >= 11 is 0. The molecule has 100 valence electrons. The van der Waals surface area contributed by atoms with Gasteiger partial charge in [-0.25, -0.2) is 0 Å². The Balaban J connectivity index is 1.93. The standard InChI is InChI=1S/C15H19N3O/c1-2-17-13-8-14(10-16-9-13)18-11-15(19)12-6-4-3-5-7-12/h3-10,15,17-19H,2,11H2,1H3. The average molecular weight is 257 g/mol. The van der Waals surface area contributed by atoms with Crippen LogP contribution in [0.4, 0.5) is 11.4 Å². The van der Waals surface area contributed by atoms with Crippen LogP contribution in [0.15, 0.2) is 48.8 Å². The number of benzene rings is 1. The third-order valence-corrected chi connectivity index (χ3v) is 2.80. The Labute approximate surface area is 113 Å². The first-order chi connectivity index (χ1) is 9.29. The van der Waals surface area contributed by atoms with Crippen molar-refractivity contribution in [2.24, 2.45) is 0 Å². The maximum atomic E-state index is 10.1. The molecule has 2 rings (SSSR count). The van der Waals surface area contributed by atoms with Crippen LogP contribution in [0, 0.1) is 0 Å². The molecule has 0 amide bonds. The van der Waals surface area contributed by atoms with E-state index in [1.807, 2.05) is 43.3 Å². The van der Waals surface area contributed by atoms with E-state index >= 15 is 0 Å². The minimum atomic E-state index is -0.524. The van der Waals surface area contributed by atoms with Gasteiger partial charge in [0, 0.05) is 13.1 Å². The molecule has 2 aromatic rings. The van der Waals surface area contributed by atoms with Crippen molar-refractivity contribution in [1.29, 1.82) is 0 Å². The maximum Gasteiger partial charge on any atom is 0.0962 e. The van der Waals surface area contributed by atoms with E-state index in [4.69, 9.17) is 0 Å². The van der Waals surface area contributed by atoms with E-state index in [0.717, 1.165) is 23.5 Å². The zero-order valence-corrected chi connectivity index (χ0v) is 11.0. The van der Waals surface area contributed by atoms with Crippen LogP contribution in [-0.2, 0) is 0 Å². The van der Waals surface area contributed by atoms with Gasteiger partial charge in [-0.2, -0.15) is 0 Å². The van der Waals surface area contributed by atoms with E-state index in [9.17, 15) is 5.11 Å². The largest absolute Gasteiger partial charge is 0.387 e. The average Bonchev–Trinajstić information content (AvgIpc) is 2.46. The quantitative estimate of drug-likeness (QED) is 0.744. The van der Waals surface area contributed by atoms with Gasteiger partial charge < -0.3 is 15.7 Å². The molecular weight excluding hydrogens is 238 g/mol. The van der Waals surface area contributed by atoms with Gasteiger partial charge in [0.05, 0.1) is 29.9 Å². The predicted molar refractivity (Wildman–Crippen MR) is 78.3 cm³/mol. The number of aliphatic hydroxyl groups is 1. The van der Waals surface area contributed by atoms with Crippen LogP contribution < -0.4 is 10.6 Å². The minimum Gasteiger partial charge on any atom is -0.387 e. The van der Waals surface area contributed by atoms with Gasteiger partial charge in [-0.3, -0.25) is 4.98 Å². The number of anilines is 2. The molecule has 0 saturated heterocycles. The molecule has 1 atom stereocenters. The van der Waals surface area contributed by atoms with Gasteiger partial charge in [0.1, 0.15) is 0 Å². The highest BCUT2D eigenvalue weighted by Crippen LogP contribution is 2.16. The Morgan fingerprint density at radius 2 is 1.79 bits per heavy atom. The zero-order chi connectivity index (χ0) is 13.5. The number of nitrogens with zero attached hydrogens (tertiary/aromatic N) is 1. The van der Waals surface area contributed by atoms with Gasteiger partial charge in [-0.15, -0.1) is 0 Å². The summed E-state index contributed by atoms with van der Waals surface area (Å²) in [7, 11) is 0. The van der Waals surface area contributed by atoms with Crippen molar-refractivity contribution in [3.63, 3.8) is 0 Å². The molecule has 0 radical (unpaired) electrons. The minimum absolute atomic E-state index is 0.460. The third-order valence-electron chi connectivity index (χ3n) is 2.80. The first-order valence-electron chi connectivity index (χ1n) is 6.45. The first-order valence-corrected chi connectivity index (χ1v) is 6.45. The SMILES string of the molecule is CCNc1cncc(NCC(O)c2ccccc2)c1. The molecule has 0 aliphatic heterocycles. The molecule has 19 heavy (non-hydrogen) atoms. The fraction of sp³-hybridized carbons (Fsp3) is 0.267. The highest BCUT2D eigenvalue weighted by molar-refractivity contribution is 5.54. The van der Waals surface area contributed by atoms with Gasteiger partial charge >= 0.3 is 0 Å². The molecule has 1 unspecified atom stereocenters. The van der Waals surface area contributed by atoms with Crippen LogP contribution in [0.25, 0.3) is 0 Å². The van der Waals surface area contributed by atoms with Crippen LogP contribution in [0.3, 0.4) is 0 Å². The Hall–Kier alpha value is -2.07. The number of hydrogen-bond acceptors (Lipinski definition) is 4. The normalized spacial score (nSPS) is 11.9. The number of rotatable bonds is 6. The van der Waals surface area contributed by atoms with Crippen LogP contribution in [-0.4, -0.2) is 23.2 Å². The fourth-order valence-electron chi connectivity index (χ4n) is 1.84. The van der Waals surface area contributed by atoms with E-state index in [2.05, 4.69) is 15.6 Å². The van der Waals surface area contributed by atoms with Crippen molar-refractivity contribution in [1.82, 2.24) is 4.98 Å². The van der Waals surface area contributed by atoms with Crippen LogP contribution in [0.5, 0.6) is 0 Å². The predicted octanol–water partition coefficient (Wildman–Crippen LogP) is 2.66. The Bertz CT molecular complexity index is 502. The number of hydrogen-bond donors (Lipinski definition) is 3. The van der Waals surface area contributed by atoms with Gasteiger partial charge in [0.15, 0.2) is 0 Å². The lowest BCUT2D eigenvalue weighted by molar-refractivity contribution is 0.191. The summed E-state index contributed by atoms with van der Waals surface area (Å²) in [5.74, 6) is 0. The molecule has 0 spiro atoms. The monoisotopic (exact) mass is 257 g/mol. The van der Waals surface area contributed by atoms with Crippen LogP contribution in [0.1, 0.15) is 18.6 Å². The Kier molecular flexibility index (Phi) is 4.75. The Morgan fingerprint density at radius 3 is 2.47 bits per heavy atom. The molecule has 0 aliphatic carbocycles. The maximum absolute atomic E-state index is 10.1. The van der Waals surface area contributed by atoms with E-state index in [1.165, 1.54) is 0 Å². The van der Waals surface area contributed by atoms with E-state index in [0.29, 0.717) is 6.54 Å². The van der Waals surface area contributed by atoms with Crippen molar-refractivity contribution in [3.8, 4) is 0 Å². The first kappa shape index (κ1) is 13.4. The van der Waals surface area contributed by atoms with Crippen LogP contribution in [0.2, 0.25) is 0 Å². The van der Waals surface area contributed by atoms with Gasteiger partial charge in [-0.1, -0.05) is 30.3 Å². The van der Waals surface area contributed by atoms with Crippen LogP contribution >= 0.6 is 0 Å². The Morgan fingerprint density at radius 1 is 1.11 bits per heavy atom. The summed E-state index contributed by atoms with van der Waals surface area (Å²) in [5, 5.41) is 16.4. The van der Waals surface area contributed by atoms with Crippen molar-refractivity contribution >= 4 is 11.4 Å². The number of nitrogens with one attached hydrogen (secondary N) is 2. The topological polar surface area (TPSA) is 57.2 Å². The molecule has 1 aromatic carbocycles. The molecule has 4 heteroatoms. The summed E-state index contributed by atoms with van der Waals surface area (Å²) in [6.45, 7) is 3.36. The molecule has 0 aliphatic rings. The van der Waals surface area contributed by atoms with Gasteiger partial charge in [0.25, 0.3) is 0 Å². The lowest BCUT2D eigenvalue weighted by Gasteiger charge is -2.13. The zero-order valence-electron chi connectivity index (χ0n) is 11.0. The summed E-state index contributed by atoms with van der Waals surface area (Å²) in [6, 6.07) is 11.6. The second kappa shape index (κ2) is 6.75. The lowest BCUT2D eigenvalue weighted by Crippen LogP contribution is -2.12. The van der Waals surface area contributed by atoms with Gasteiger partial charge in [0.2, 0.25) is 0 Å². The van der Waals surface area contributed by atoms with Crippen molar-refractivity contribution in [2.75, 3.05) is 23.7 Å². The van der Waals surface area contributed by atoms with E-state index < -0.39 is 6.10 Å². The molecule has 3 N–H and O–H groups in total. The van der Waals surface area contributed by atoms with Crippen molar-refractivity contribution < 1.29 is 5.11 Å². The highest BCUT2D eigenvalue weighted by atomic mass is 16.3. The lowest BCUT2D eigenvalue weighted by atomic mass is 10.1. The summed E-state index contributed by atoms with van der Waals surface area (Å²) in [5.41, 5.74) is 2.78.